The monoisotopic (exact) mass is 355 g/mol. The van der Waals surface area contributed by atoms with Crippen molar-refractivity contribution < 1.29 is 13.2 Å². The van der Waals surface area contributed by atoms with E-state index in [0.29, 0.717) is 12.1 Å². The molecule has 3 N–H and O–H groups in total. The van der Waals surface area contributed by atoms with E-state index in [4.69, 9.17) is 5.41 Å². The Labute approximate surface area is 143 Å². The van der Waals surface area contributed by atoms with E-state index in [1.54, 1.807) is 11.6 Å². The quantitative estimate of drug-likeness (QED) is 0.689. The second kappa shape index (κ2) is 6.69. The molecule has 136 valence electrons. The molecule has 0 amide bonds. The molecule has 0 aliphatic heterocycles. The third-order valence-electron chi connectivity index (χ3n) is 4.10. The third kappa shape index (κ3) is 3.57. The van der Waals surface area contributed by atoms with Crippen LogP contribution in [0, 0.1) is 12.3 Å². The van der Waals surface area contributed by atoms with Crippen molar-refractivity contribution in [2.75, 3.05) is 17.7 Å². The summed E-state index contributed by atoms with van der Waals surface area (Å²) in [6, 6.07) is 0. The summed E-state index contributed by atoms with van der Waals surface area (Å²) in [5.74, 6) is -0.291. The van der Waals surface area contributed by atoms with Crippen LogP contribution in [0.1, 0.15) is 31.5 Å². The summed E-state index contributed by atoms with van der Waals surface area (Å²) in [6.07, 6.45) is -0.296. The predicted octanol–water partition coefficient (Wildman–Crippen LogP) is 3.56. The fourth-order valence-corrected chi connectivity index (χ4v) is 2.32. The Balaban J connectivity index is 2.35. The minimum absolute atomic E-state index is 0.0213. The third-order valence-corrected chi connectivity index (χ3v) is 4.10. The van der Waals surface area contributed by atoms with Crippen LogP contribution in [-0.4, -0.2) is 33.0 Å². The second-order valence-electron chi connectivity index (χ2n) is 5.74. The molecule has 7 nitrogen and oxygen atoms in total. The Kier molecular flexibility index (Phi) is 5.00. The first-order valence-electron chi connectivity index (χ1n) is 7.62. The van der Waals surface area contributed by atoms with Crippen LogP contribution in [0.5, 0.6) is 0 Å². The fourth-order valence-electron chi connectivity index (χ4n) is 2.32. The molecular formula is C15H20F3N7. The van der Waals surface area contributed by atoms with E-state index in [9.17, 15) is 13.2 Å². The van der Waals surface area contributed by atoms with Crippen LogP contribution in [0.2, 0.25) is 0 Å². The highest BCUT2D eigenvalue weighted by Gasteiger charge is 2.35. The van der Waals surface area contributed by atoms with Crippen molar-refractivity contribution >= 4 is 23.7 Å². The summed E-state index contributed by atoms with van der Waals surface area (Å²) >= 11 is 0. The lowest BCUT2D eigenvalue weighted by Gasteiger charge is -2.25. The van der Waals surface area contributed by atoms with Crippen molar-refractivity contribution in [3.8, 4) is 0 Å². The van der Waals surface area contributed by atoms with Gasteiger partial charge in [-0.25, -0.2) is 4.98 Å². The van der Waals surface area contributed by atoms with E-state index in [0.717, 1.165) is 11.9 Å². The number of aromatic nitrogens is 4. The number of hydrogen-bond acceptors (Lipinski definition) is 6. The maximum atomic E-state index is 12.9. The number of nitrogens with zero attached hydrogens (tertiary/aromatic N) is 4. The largest absolute Gasteiger partial charge is 0.421 e. The average molecular weight is 355 g/mol. The molecular weight excluding hydrogens is 335 g/mol. The van der Waals surface area contributed by atoms with Crippen LogP contribution in [0.15, 0.2) is 12.4 Å². The van der Waals surface area contributed by atoms with E-state index in [-0.39, 0.29) is 11.8 Å². The molecule has 0 aliphatic carbocycles. The zero-order valence-corrected chi connectivity index (χ0v) is 14.4. The van der Waals surface area contributed by atoms with Gasteiger partial charge < -0.3 is 16.0 Å². The van der Waals surface area contributed by atoms with Gasteiger partial charge in [-0.15, -0.1) is 0 Å². The summed E-state index contributed by atoms with van der Waals surface area (Å²) in [7, 11) is 1.36. The molecule has 0 aliphatic rings. The van der Waals surface area contributed by atoms with Crippen LogP contribution < -0.4 is 10.6 Å². The van der Waals surface area contributed by atoms with E-state index >= 15 is 0 Å². The molecule has 0 aromatic carbocycles. The molecule has 1 unspecified atom stereocenters. The molecule has 0 radical (unpaired) electrons. The van der Waals surface area contributed by atoms with Crippen molar-refractivity contribution in [2.24, 2.45) is 0 Å². The predicted molar refractivity (Wildman–Crippen MR) is 89.6 cm³/mol. The summed E-state index contributed by atoms with van der Waals surface area (Å²) in [4.78, 5) is 7.61. The van der Waals surface area contributed by atoms with Gasteiger partial charge in [-0.05, 0) is 20.3 Å². The van der Waals surface area contributed by atoms with Gasteiger partial charge >= 0.3 is 6.18 Å². The van der Waals surface area contributed by atoms with Crippen LogP contribution in [0.4, 0.5) is 30.6 Å². The molecule has 25 heavy (non-hydrogen) atoms. The van der Waals surface area contributed by atoms with Crippen molar-refractivity contribution in [3.05, 3.63) is 23.7 Å². The molecule has 0 bridgehead atoms. The average Bonchev–Trinajstić information content (AvgIpc) is 2.94. The molecule has 0 saturated heterocycles. The Morgan fingerprint density at radius 3 is 2.52 bits per heavy atom. The van der Waals surface area contributed by atoms with Gasteiger partial charge in [-0.2, -0.15) is 23.3 Å². The maximum Gasteiger partial charge on any atom is 0.421 e. The second-order valence-corrected chi connectivity index (χ2v) is 5.74. The molecule has 0 fully saturated rings. The molecule has 2 heterocycles. The van der Waals surface area contributed by atoms with E-state index in [1.807, 2.05) is 13.8 Å². The maximum absolute atomic E-state index is 12.9. The number of rotatable bonds is 6. The van der Waals surface area contributed by atoms with Gasteiger partial charge in [0.05, 0.1) is 23.1 Å². The number of nitrogens with one attached hydrogen (secondary N) is 3. The lowest BCUT2D eigenvalue weighted by Crippen LogP contribution is -2.32. The van der Waals surface area contributed by atoms with Crippen molar-refractivity contribution in [3.63, 3.8) is 0 Å². The Morgan fingerprint density at radius 1 is 1.32 bits per heavy atom. The van der Waals surface area contributed by atoms with Gasteiger partial charge in [-0.3, -0.25) is 4.68 Å². The first-order chi connectivity index (χ1) is 11.7. The summed E-state index contributed by atoms with van der Waals surface area (Å²) in [5, 5.41) is 17.2. The lowest BCUT2D eigenvalue weighted by atomic mass is 10.0. The van der Waals surface area contributed by atoms with Crippen LogP contribution in [0.3, 0.4) is 0 Å². The number of anilines is 3. The fraction of sp³-hybridized carbons (Fsp3) is 0.467. The molecule has 0 saturated carbocycles. The molecule has 2 aromatic heterocycles. The highest BCUT2D eigenvalue weighted by Crippen LogP contribution is 2.34. The molecule has 10 heteroatoms. The number of hydrogen-bond donors (Lipinski definition) is 3. The van der Waals surface area contributed by atoms with E-state index in [2.05, 4.69) is 25.7 Å². The van der Waals surface area contributed by atoms with Crippen molar-refractivity contribution in [1.82, 2.24) is 19.7 Å². The van der Waals surface area contributed by atoms with E-state index < -0.39 is 17.3 Å². The highest BCUT2D eigenvalue weighted by molar-refractivity contribution is 5.65. The lowest BCUT2D eigenvalue weighted by molar-refractivity contribution is -0.137. The van der Waals surface area contributed by atoms with Crippen LogP contribution in [0.25, 0.3) is 0 Å². The van der Waals surface area contributed by atoms with Gasteiger partial charge in [0, 0.05) is 19.5 Å². The Bertz CT molecular complexity index is 769. The number of halogens is 3. The van der Waals surface area contributed by atoms with Crippen molar-refractivity contribution in [2.45, 2.75) is 38.9 Å². The zero-order chi connectivity index (χ0) is 18.8. The standard InChI is InChI=1S/C15H20F3N7/c1-5-14(3,8-19)25-9(2)11(7-22-25)23-13-21-6-10(15(16,17)18)12(20-4)24-13/h6-8,19H,5H2,1-4H3,(H2,20,21,23,24). The van der Waals surface area contributed by atoms with E-state index in [1.165, 1.54) is 19.5 Å². The van der Waals surface area contributed by atoms with Gasteiger partial charge in [0.15, 0.2) is 0 Å². The van der Waals surface area contributed by atoms with Gasteiger partial charge in [0.2, 0.25) is 5.95 Å². The SMILES string of the molecule is CCC(C)(C=N)n1ncc(Nc2ncc(C(F)(F)F)c(NC)n2)c1C. The zero-order valence-electron chi connectivity index (χ0n) is 14.4. The summed E-state index contributed by atoms with van der Waals surface area (Å²) in [6.45, 7) is 5.62. The van der Waals surface area contributed by atoms with Gasteiger partial charge in [0.1, 0.15) is 11.4 Å². The number of alkyl halides is 3. The normalized spacial score (nSPS) is 14.0. The summed E-state index contributed by atoms with van der Waals surface area (Å²) in [5.41, 5.74) is -0.234. The molecule has 1 atom stereocenters. The first-order valence-corrected chi connectivity index (χ1v) is 7.62. The van der Waals surface area contributed by atoms with Gasteiger partial charge in [0.25, 0.3) is 0 Å². The molecule has 0 spiro atoms. The smallest absolute Gasteiger partial charge is 0.372 e. The topological polar surface area (TPSA) is 91.5 Å². The highest BCUT2D eigenvalue weighted by atomic mass is 19.4. The minimum Gasteiger partial charge on any atom is -0.372 e. The van der Waals surface area contributed by atoms with Crippen LogP contribution >= 0.6 is 0 Å². The summed E-state index contributed by atoms with van der Waals surface area (Å²) < 4.78 is 40.4. The first kappa shape index (κ1) is 18.7. The Hall–Kier alpha value is -2.65. The minimum atomic E-state index is -4.54. The van der Waals surface area contributed by atoms with Crippen molar-refractivity contribution in [1.29, 1.82) is 5.41 Å². The van der Waals surface area contributed by atoms with Crippen LogP contribution in [-0.2, 0) is 11.7 Å². The Morgan fingerprint density at radius 2 is 2.00 bits per heavy atom. The molecule has 2 aromatic rings. The molecule has 2 rings (SSSR count). The van der Waals surface area contributed by atoms with Gasteiger partial charge in [-0.1, -0.05) is 6.92 Å².